The smallest absolute Gasteiger partial charge is 0.280 e. The van der Waals surface area contributed by atoms with Crippen molar-refractivity contribution >= 4 is 28.7 Å². The number of nitro benzene ring substituents is 1. The lowest BCUT2D eigenvalue weighted by molar-refractivity contribution is -0.384. The molecule has 0 radical (unpaired) electrons. The highest BCUT2D eigenvalue weighted by atomic mass is 32.1. The minimum absolute atomic E-state index is 0.0323. The number of nitro groups is 1. The number of thiocarbonyl (C=S) groups is 1. The highest BCUT2D eigenvalue weighted by molar-refractivity contribution is 7.80. The zero-order valence-corrected chi connectivity index (χ0v) is 18.0. The molecule has 2 N–H and O–H groups in total. The van der Waals surface area contributed by atoms with Gasteiger partial charge in [0.05, 0.1) is 22.2 Å². The number of phenols is 1. The summed E-state index contributed by atoms with van der Waals surface area (Å²) in [6.07, 6.45) is 1.71. The summed E-state index contributed by atoms with van der Waals surface area (Å²) in [6, 6.07) is 21.6. The fourth-order valence-electron chi connectivity index (χ4n) is 4.03. The Morgan fingerprint density at radius 3 is 2.52 bits per heavy atom. The molecule has 4 aromatic rings. The predicted octanol–water partition coefficient (Wildman–Crippen LogP) is 5.13. The molecule has 2 atom stereocenters. The van der Waals surface area contributed by atoms with Crippen molar-refractivity contribution in [1.82, 2.24) is 10.3 Å². The summed E-state index contributed by atoms with van der Waals surface area (Å²) in [5, 5.41) is 25.0. The molecule has 9 heteroatoms. The molecule has 1 aliphatic rings. The first-order valence-electron chi connectivity index (χ1n) is 10.2. The van der Waals surface area contributed by atoms with Gasteiger partial charge < -0.3 is 19.7 Å². The molecule has 2 aromatic carbocycles. The fraction of sp³-hybridized carbons (Fsp3) is 0.0833. The van der Waals surface area contributed by atoms with E-state index >= 15 is 0 Å². The summed E-state index contributed by atoms with van der Waals surface area (Å²) in [5.74, 6) is 1.10. The number of phenolic OH excluding ortho intramolecular Hbond substituents is 1. The number of benzene rings is 2. The van der Waals surface area contributed by atoms with Gasteiger partial charge in [-0.2, -0.15) is 0 Å². The molecule has 164 valence electrons. The largest absolute Gasteiger partial charge is 0.508 e. The van der Waals surface area contributed by atoms with Gasteiger partial charge in [-0.25, -0.2) is 0 Å². The third kappa shape index (κ3) is 3.79. The maximum Gasteiger partial charge on any atom is 0.280 e. The highest BCUT2D eigenvalue weighted by Crippen LogP contribution is 2.43. The number of para-hydroxylation sites is 1. The third-order valence-corrected chi connectivity index (χ3v) is 5.83. The quantitative estimate of drug-likeness (QED) is 0.241. The van der Waals surface area contributed by atoms with Crippen molar-refractivity contribution in [2.45, 2.75) is 12.1 Å². The van der Waals surface area contributed by atoms with E-state index in [4.69, 9.17) is 16.6 Å². The normalized spacial score (nSPS) is 17.7. The van der Waals surface area contributed by atoms with Gasteiger partial charge in [-0.15, -0.1) is 0 Å². The van der Waals surface area contributed by atoms with Crippen LogP contribution in [0.4, 0.5) is 11.4 Å². The van der Waals surface area contributed by atoms with Crippen molar-refractivity contribution in [2.75, 3.05) is 4.90 Å². The Kier molecular flexibility index (Phi) is 5.23. The summed E-state index contributed by atoms with van der Waals surface area (Å²) in [4.78, 5) is 17.5. The molecule has 8 nitrogen and oxygen atoms in total. The first-order valence-corrected chi connectivity index (χ1v) is 10.6. The van der Waals surface area contributed by atoms with Gasteiger partial charge in [0, 0.05) is 18.0 Å². The van der Waals surface area contributed by atoms with Crippen LogP contribution in [0.1, 0.15) is 23.5 Å². The van der Waals surface area contributed by atoms with Gasteiger partial charge in [0.15, 0.2) is 5.11 Å². The number of anilines is 1. The second-order valence-corrected chi connectivity index (χ2v) is 7.88. The SMILES string of the molecule is O=[N+]([O-])c1ccccc1-c1ccc([C@@H]2[C@@H](c3ccccn3)NC(=S)N2c2ccc(O)cc2)o1. The number of rotatable bonds is 5. The van der Waals surface area contributed by atoms with Gasteiger partial charge in [-0.1, -0.05) is 18.2 Å². The van der Waals surface area contributed by atoms with Crippen LogP contribution in [0.2, 0.25) is 0 Å². The Bertz CT molecular complexity index is 1320. The molecule has 0 bridgehead atoms. The topological polar surface area (TPSA) is 105 Å². The Hall–Kier alpha value is -4.24. The van der Waals surface area contributed by atoms with Crippen LogP contribution in [-0.2, 0) is 0 Å². The van der Waals surface area contributed by atoms with E-state index < -0.39 is 11.0 Å². The predicted molar refractivity (Wildman–Crippen MR) is 127 cm³/mol. The molecule has 5 rings (SSSR count). The van der Waals surface area contributed by atoms with E-state index in [1.807, 2.05) is 23.1 Å². The van der Waals surface area contributed by atoms with Crippen molar-refractivity contribution in [3.05, 3.63) is 107 Å². The first-order chi connectivity index (χ1) is 16.0. The number of hydrogen-bond donors (Lipinski definition) is 2. The lowest BCUT2D eigenvalue weighted by Crippen LogP contribution is -2.29. The Morgan fingerprint density at radius 1 is 1.03 bits per heavy atom. The van der Waals surface area contributed by atoms with Crippen LogP contribution in [0, 0.1) is 10.1 Å². The van der Waals surface area contributed by atoms with Crippen molar-refractivity contribution in [1.29, 1.82) is 0 Å². The molecule has 0 spiro atoms. The Balaban J connectivity index is 1.61. The molecule has 2 aromatic heterocycles. The molecule has 1 fully saturated rings. The van der Waals surface area contributed by atoms with E-state index in [-0.39, 0.29) is 17.5 Å². The number of nitrogens with zero attached hydrogens (tertiary/aromatic N) is 3. The summed E-state index contributed by atoms with van der Waals surface area (Å²) >= 11 is 5.66. The standard InChI is InChI=1S/C24H18N4O4S/c29-16-10-8-15(9-11-16)27-23(22(26-24(27)33)18-6-3-4-14-25-18)21-13-12-20(32-21)17-5-1-2-7-19(17)28(30)31/h1-14,22-23,29H,(H,26,33)/t22-,23-/m1/s1. The lowest BCUT2D eigenvalue weighted by Gasteiger charge is -2.26. The highest BCUT2D eigenvalue weighted by Gasteiger charge is 2.42. The Labute approximate surface area is 194 Å². The van der Waals surface area contributed by atoms with Gasteiger partial charge in [0.1, 0.15) is 23.3 Å². The maximum absolute atomic E-state index is 11.5. The molecule has 0 aliphatic carbocycles. The summed E-state index contributed by atoms with van der Waals surface area (Å²) in [5.41, 5.74) is 1.90. The Morgan fingerprint density at radius 2 is 1.79 bits per heavy atom. The average molecular weight is 458 g/mol. The number of hydrogen-bond acceptors (Lipinski definition) is 6. The van der Waals surface area contributed by atoms with Crippen molar-refractivity contribution < 1.29 is 14.4 Å². The second-order valence-electron chi connectivity index (χ2n) is 7.49. The zero-order chi connectivity index (χ0) is 22.9. The van der Waals surface area contributed by atoms with Gasteiger partial charge in [-0.3, -0.25) is 15.1 Å². The van der Waals surface area contributed by atoms with Crippen molar-refractivity contribution in [3.8, 4) is 17.1 Å². The van der Waals surface area contributed by atoms with Gasteiger partial charge >= 0.3 is 0 Å². The minimum Gasteiger partial charge on any atom is -0.508 e. The number of aromatic nitrogens is 1. The van der Waals surface area contributed by atoms with Gasteiger partial charge in [-0.05, 0) is 66.8 Å². The van der Waals surface area contributed by atoms with Crippen LogP contribution in [0.15, 0.2) is 89.5 Å². The summed E-state index contributed by atoms with van der Waals surface area (Å²) in [6.45, 7) is 0. The summed E-state index contributed by atoms with van der Waals surface area (Å²) in [7, 11) is 0. The van der Waals surface area contributed by atoms with Gasteiger partial charge in [0.2, 0.25) is 0 Å². The van der Waals surface area contributed by atoms with Crippen LogP contribution < -0.4 is 10.2 Å². The van der Waals surface area contributed by atoms with Crippen LogP contribution in [0.5, 0.6) is 5.75 Å². The van der Waals surface area contributed by atoms with Crippen LogP contribution in [-0.4, -0.2) is 20.1 Å². The molecule has 1 saturated heterocycles. The van der Waals surface area contributed by atoms with E-state index in [0.29, 0.717) is 22.2 Å². The molecule has 1 aliphatic heterocycles. The van der Waals surface area contributed by atoms with Crippen LogP contribution in [0.25, 0.3) is 11.3 Å². The number of pyridine rings is 1. The van der Waals surface area contributed by atoms with Crippen LogP contribution >= 0.6 is 12.2 Å². The van der Waals surface area contributed by atoms with Crippen molar-refractivity contribution in [2.24, 2.45) is 0 Å². The molecular weight excluding hydrogens is 440 g/mol. The lowest BCUT2D eigenvalue weighted by atomic mass is 10.0. The minimum atomic E-state index is -0.427. The number of furan rings is 1. The van der Waals surface area contributed by atoms with Crippen LogP contribution in [0.3, 0.4) is 0 Å². The number of nitrogens with one attached hydrogen (secondary N) is 1. The fourth-order valence-corrected chi connectivity index (χ4v) is 4.38. The molecule has 0 saturated carbocycles. The van der Waals surface area contributed by atoms with E-state index in [2.05, 4.69) is 10.3 Å². The average Bonchev–Trinajstić information content (AvgIpc) is 3.45. The van der Waals surface area contributed by atoms with Gasteiger partial charge in [0.25, 0.3) is 5.69 Å². The third-order valence-electron chi connectivity index (χ3n) is 5.51. The molecule has 3 heterocycles. The van der Waals surface area contributed by atoms with E-state index in [1.54, 1.807) is 60.8 Å². The monoisotopic (exact) mass is 458 g/mol. The zero-order valence-electron chi connectivity index (χ0n) is 17.2. The van der Waals surface area contributed by atoms with E-state index in [1.165, 1.54) is 6.07 Å². The van der Waals surface area contributed by atoms with E-state index in [9.17, 15) is 15.2 Å². The molecule has 0 unspecified atom stereocenters. The maximum atomic E-state index is 11.5. The first kappa shape index (κ1) is 20.7. The molecular formula is C24H18N4O4S. The van der Waals surface area contributed by atoms with Crippen molar-refractivity contribution in [3.63, 3.8) is 0 Å². The second kappa shape index (κ2) is 8.36. The van der Waals surface area contributed by atoms with E-state index in [0.717, 1.165) is 11.4 Å². The molecule has 0 amide bonds. The number of aromatic hydroxyl groups is 1. The summed E-state index contributed by atoms with van der Waals surface area (Å²) < 4.78 is 6.20. The molecule has 33 heavy (non-hydrogen) atoms.